The molecule has 0 unspecified atom stereocenters. The van der Waals surface area contributed by atoms with Crippen molar-refractivity contribution in [1.82, 2.24) is 19.9 Å². The van der Waals surface area contributed by atoms with Crippen molar-refractivity contribution < 1.29 is 13.6 Å². The van der Waals surface area contributed by atoms with Gasteiger partial charge in [-0.2, -0.15) is 0 Å². The average molecular weight is 504 g/mol. The fraction of sp³-hybridized carbons (Fsp3) is 0.345. The third-order valence-electron chi connectivity index (χ3n) is 6.93. The summed E-state index contributed by atoms with van der Waals surface area (Å²) >= 11 is 0. The van der Waals surface area contributed by atoms with Gasteiger partial charge >= 0.3 is 0 Å². The molecule has 0 radical (unpaired) electrons. The third-order valence-corrected chi connectivity index (χ3v) is 6.93. The Balaban J connectivity index is 1.55. The highest BCUT2D eigenvalue weighted by Crippen LogP contribution is 2.33. The SMILES string of the molecule is CC(C)c1c(C(=O)NCc2ccc(F)c(F)c2)c2ncc(NC3CCCC3)cc2n1Cc1ccccn1. The first kappa shape index (κ1) is 24.9. The van der Waals surface area contributed by atoms with E-state index in [1.807, 2.05) is 32.0 Å². The molecule has 1 aromatic carbocycles. The molecule has 0 atom stereocenters. The molecule has 5 rings (SSSR count). The molecule has 1 saturated carbocycles. The Kier molecular flexibility index (Phi) is 7.17. The van der Waals surface area contributed by atoms with Gasteiger partial charge in [0.05, 0.1) is 35.2 Å². The number of hydrogen-bond donors (Lipinski definition) is 2. The van der Waals surface area contributed by atoms with Crippen LogP contribution >= 0.6 is 0 Å². The molecule has 1 aliphatic carbocycles. The van der Waals surface area contributed by atoms with Crippen molar-refractivity contribution in [2.75, 3.05) is 5.32 Å². The van der Waals surface area contributed by atoms with Crippen LogP contribution in [0, 0.1) is 11.6 Å². The number of amides is 1. The van der Waals surface area contributed by atoms with Crippen LogP contribution < -0.4 is 10.6 Å². The molecule has 0 aliphatic heterocycles. The van der Waals surface area contributed by atoms with Gasteiger partial charge in [0.25, 0.3) is 5.91 Å². The number of fused-ring (bicyclic) bond motifs is 1. The van der Waals surface area contributed by atoms with E-state index in [4.69, 9.17) is 4.98 Å². The highest BCUT2D eigenvalue weighted by molar-refractivity contribution is 6.07. The maximum absolute atomic E-state index is 13.7. The van der Waals surface area contributed by atoms with Crippen LogP contribution in [0.15, 0.2) is 54.9 Å². The summed E-state index contributed by atoms with van der Waals surface area (Å²) < 4.78 is 29.1. The van der Waals surface area contributed by atoms with E-state index in [0.29, 0.717) is 29.2 Å². The molecule has 4 aromatic rings. The van der Waals surface area contributed by atoms with Gasteiger partial charge in [-0.3, -0.25) is 14.8 Å². The zero-order valence-electron chi connectivity index (χ0n) is 21.1. The number of aromatic nitrogens is 3. The van der Waals surface area contributed by atoms with Crippen LogP contribution in [0.1, 0.15) is 72.8 Å². The molecule has 0 bridgehead atoms. The van der Waals surface area contributed by atoms with Gasteiger partial charge in [-0.15, -0.1) is 0 Å². The zero-order chi connectivity index (χ0) is 25.9. The molecule has 6 nitrogen and oxygen atoms in total. The Hall–Kier alpha value is -3.81. The lowest BCUT2D eigenvalue weighted by molar-refractivity contribution is 0.0950. The number of hydrogen-bond acceptors (Lipinski definition) is 4. The Morgan fingerprint density at radius 2 is 1.89 bits per heavy atom. The summed E-state index contributed by atoms with van der Waals surface area (Å²) in [6.07, 6.45) is 8.29. The smallest absolute Gasteiger partial charge is 0.255 e. The Bertz CT molecular complexity index is 1410. The average Bonchev–Trinajstić information content (AvgIpc) is 3.51. The second-order valence-corrected chi connectivity index (χ2v) is 9.97. The van der Waals surface area contributed by atoms with Gasteiger partial charge in [-0.05, 0) is 54.7 Å². The van der Waals surface area contributed by atoms with E-state index in [0.717, 1.165) is 47.6 Å². The van der Waals surface area contributed by atoms with Crippen LogP contribution in [0.25, 0.3) is 11.0 Å². The maximum atomic E-state index is 13.7. The summed E-state index contributed by atoms with van der Waals surface area (Å²) in [5.74, 6) is -2.14. The summed E-state index contributed by atoms with van der Waals surface area (Å²) in [5.41, 5.74) is 5.11. The number of pyridine rings is 2. The first-order chi connectivity index (χ1) is 17.9. The summed E-state index contributed by atoms with van der Waals surface area (Å²) in [6.45, 7) is 4.66. The summed E-state index contributed by atoms with van der Waals surface area (Å²) in [5, 5.41) is 6.50. The molecule has 8 heteroatoms. The van der Waals surface area contributed by atoms with Gasteiger partial charge in [0.15, 0.2) is 11.6 Å². The highest BCUT2D eigenvalue weighted by atomic mass is 19.2. The van der Waals surface area contributed by atoms with Crippen LogP contribution in [0.5, 0.6) is 0 Å². The van der Waals surface area contributed by atoms with Crippen molar-refractivity contribution in [2.45, 2.75) is 64.6 Å². The molecular formula is C29H31F2N5O. The van der Waals surface area contributed by atoms with E-state index in [1.54, 1.807) is 12.4 Å². The number of anilines is 1. The lowest BCUT2D eigenvalue weighted by Crippen LogP contribution is -2.24. The minimum absolute atomic E-state index is 0.0215. The van der Waals surface area contributed by atoms with Crippen molar-refractivity contribution in [3.05, 3.63) is 89.0 Å². The molecule has 1 amide bonds. The van der Waals surface area contributed by atoms with Crippen LogP contribution in [0.4, 0.5) is 14.5 Å². The first-order valence-electron chi connectivity index (χ1n) is 12.8. The number of halogens is 2. The Morgan fingerprint density at radius 1 is 1.08 bits per heavy atom. The molecule has 1 fully saturated rings. The normalized spacial score (nSPS) is 14.0. The standard InChI is InChI=1S/C29H31F2N5O/c1-18(2)28-26(29(37)34-15-19-10-11-23(30)24(31)13-19)27-25(36(28)17-21-9-5-6-12-32-21)14-22(16-33-27)35-20-7-3-4-8-20/h5-6,9-14,16,18,20,35H,3-4,7-8,15,17H2,1-2H3,(H,34,37). The maximum Gasteiger partial charge on any atom is 0.255 e. The highest BCUT2D eigenvalue weighted by Gasteiger charge is 2.26. The van der Waals surface area contributed by atoms with Gasteiger partial charge in [0.2, 0.25) is 0 Å². The van der Waals surface area contributed by atoms with E-state index in [2.05, 4.69) is 26.3 Å². The molecule has 0 saturated heterocycles. The zero-order valence-corrected chi connectivity index (χ0v) is 21.1. The Labute approximate surface area is 215 Å². The van der Waals surface area contributed by atoms with Crippen LogP contribution in [-0.2, 0) is 13.1 Å². The lowest BCUT2D eigenvalue weighted by Gasteiger charge is -2.16. The van der Waals surface area contributed by atoms with E-state index >= 15 is 0 Å². The number of nitrogens with one attached hydrogen (secondary N) is 2. The second-order valence-electron chi connectivity index (χ2n) is 9.97. The van der Waals surface area contributed by atoms with Gasteiger partial charge < -0.3 is 15.2 Å². The fourth-order valence-corrected chi connectivity index (χ4v) is 5.19. The molecular weight excluding hydrogens is 472 g/mol. The first-order valence-corrected chi connectivity index (χ1v) is 12.8. The van der Waals surface area contributed by atoms with E-state index in [9.17, 15) is 13.6 Å². The number of nitrogens with zero attached hydrogens (tertiary/aromatic N) is 3. The molecule has 37 heavy (non-hydrogen) atoms. The minimum Gasteiger partial charge on any atom is -0.381 e. The van der Waals surface area contributed by atoms with Crippen molar-refractivity contribution in [2.24, 2.45) is 0 Å². The van der Waals surface area contributed by atoms with E-state index in [1.165, 1.54) is 18.9 Å². The van der Waals surface area contributed by atoms with Gasteiger partial charge in [-0.1, -0.05) is 38.8 Å². The molecule has 3 aromatic heterocycles. The van der Waals surface area contributed by atoms with Crippen LogP contribution in [0.2, 0.25) is 0 Å². The summed E-state index contributed by atoms with van der Waals surface area (Å²) in [6, 6.07) is 11.9. The predicted octanol–water partition coefficient (Wildman–Crippen LogP) is 6.17. The number of carbonyl (C=O) groups is 1. The van der Waals surface area contributed by atoms with Crippen molar-refractivity contribution in [1.29, 1.82) is 0 Å². The largest absolute Gasteiger partial charge is 0.381 e. The van der Waals surface area contributed by atoms with Gasteiger partial charge in [-0.25, -0.2) is 8.78 Å². The quantitative estimate of drug-likeness (QED) is 0.302. The van der Waals surface area contributed by atoms with Crippen molar-refractivity contribution in [3.63, 3.8) is 0 Å². The van der Waals surface area contributed by atoms with Crippen LogP contribution in [-0.4, -0.2) is 26.5 Å². The predicted molar refractivity (Wildman–Crippen MR) is 141 cm³/mol. The molecule has 192 valence electrons. The molecule has 3 heterocycles. The lowest BCUT2D eigenvalue weighted by atomic mass is 10.0. The molecule has 0 spiro atoms. The summed E-state index contributed by atoms with van der Waals surface area (Å²) in [4.78, 5) is 22.8. The number of carbonyl (C=O) groups excluding carboxylic acids is 1. The van der Waals surface area contributed by atoms with Crippen LogP contribution in [0.3, 0.4) is 0 Å². The van der Waals surface area contributed by atoms with Gasteiger partial charge in [0.1, 0.15) is 5.52 Å². The number of benzene rings is 1. The number of rotatable bonds is 8. The van der Waals surface area contributed by atoms with Gasteiger partial charge in [0, 0.05) is 24.5 Å². The third kappa shape index (κ3) is 5.33. The molecule has 2 N–H and O–H groups in total. The second kappa shape index (κ2) is 10.7. The van der Waals surface area contributed by atoms with Crippen molar-refractivity contribution >= 4 is 22.6 Å². The summed E-state index contributed by atoms with van der Waals surface area (Å²) in [7, 11) is 0. The molecule has 1 aliphatic rings. The van der Waals surface area contributed by atoms with E-state index < -0.39 is 11.6 Å². The van der Waals surface area contributed by atoms with Crippen molar-refractivity contribution in [3.8, 4) is 0 Å². The van der Waals surface area contributed by atoms with E-state index in [-0.39, 0.29) is 18.4 Å². The topological polar surface area (TPSA) is 71.8 Å². The Morgan fingerprint density at radius 3 is 2.59 bits per heavy atom. The minimum atomic E-state index is -0.939. The fourth-order valence-electron chi connectivity index (χ4n) is 5.19. The monoisotopic (exact) mass is 503 g/mol.